The van der Waals surface area contributed by atoms with Crippen LogP contribution in [-0.4, -0.2) is 43.2 Å². The molecule has 0 aromatic rings. The third kappa shape index (κ3) is 2.67. The molecule has 0 aromatic heterocycles. The van der Waals surface area contributed by atoms with E-state index in [0.717, 1.165) is 13.1 Å². The van der Waals surface area contributed by atoms with E-state index in [2.05, 4.69) is 9.64 Å². The zero-order chi connectivity index (χ0) is 9.90. The number of hydrogen-bond acceptors (Lipinski definition) is 4. The zero-order valence-corrected chi connectivity index (χ0v) is 8.38. The summed E-state index contributed by atoms with van der Waals surface area (Å²) < 4.78 is 4.63. The van der Waals surface area contributed by atoms with E-state index < -0.39 is 5.54 Å². The van der Waals surface area contributed by atoms with Crippen LogP contribution in [0.3, 0.4) is 0 Å². The van der Waals surface area contributed by atoms with Crippen molar-refractivity contribution < 1.29 is 9.53 Å². The van der Waals surface area contributed by atoms with Gasteiger partial charge in [-0.1, -0.05) is 0 Å². The number of esters is 1. The average Bonchev–Trinajstić information content (AvgIpc) is 2.54. The standard InChI is InChI=1S/C9H18N2O2/c1-9(10,8(12)13-2)7-11-5-3-4-6-11/h3-7,10H2,1-2H3. The van der Waals surface area contributed by atoms with Crippen LogP contribution in [0, 0.1) is 0 Å². The number of hydrogen-bond donors (Lipinski definition) is 1. The predicted molar refractivity (Wildman–Crippen MR) is 50.3 cm³/mol. The molecule has 1 aliphatic heterocycles. The second-order valence-electron chi connectivity index (χ2n) is 3.89. The van der Waals surface area contributed by atoms with Gasteiger partial charge in [-0.05, 0) is 32.9 Å². The molecule has 1 aliphatic rings. The van der Waals surface area contributed by atoms with Crippen molar-refractivity contribution in [3.05, 3.63) is 0 Å². The smallest absolute Gasteiger partial charge is 0.326 e. The Morgan fingerprint density at radius 2 is 2.08 bits per heavy atom. The van der Waals surface area contributed by atoms with Gasteiger partial charge in [-0.15, -0.1) is 0 Å². The van der Waals surface area contributed by atoms with E-state index in [9.17, 15) is 4.79 Å². The summed E-state index contributed by atoms with van der Waals surface area (Å²) in [5.41, 5.74) is 4.97. The normalized spacial score (nSPS) is 22.7. The first-order valence-electron chi connectivity index (χ1n) is 4.66. The van der Waals surface area contributed by atoms with Gasteiger partial charge in [-0.3, -0.25) is 4.79 Å². The van der Waals surface area contributed by atoms with Crippen LogP contribution in [0.15, 0.2) is 0 Å². The molecular formula is C9H18N2O2. The summed E-state index contributed by atoms with van der Waals surface area (Å²) >= 11 is 0. The van der Waals surface area contributed by atoms with E-state index in [0.29, 0.717) is 6.54 Å². The number of ether oxygens (including phenoxy) is 1. The van der Waals surface area contributed by atoms with E-state index in [1.807, 2.05) is 0 Å². The van der Waals surface area contributed by atoms with Crippen LogP contribution in [0.5, 0.6) is 0 Å². The maximum Gasteiger partial charge on any atom is 0.326 e. The largest absolute Gasteiger partial charge is 0.468 e. The van der Waals surface area contributed by atoms with Gasteiger partial charge in [0.2, 0.25) is 0 Å². The first-order valence-corrected chi connectivity index (χ1v) is 4.66. The molecule has 1 fully saturated rings. The summed E-state index contributed by atoms with van der Waals surface area (Å²) in [7, 11) is 1.37. The minimum absolute atomic E-state index is 0.334. The summed E-state index contributed by atoms with van der Waals surface area (Å²) in [6.45, 7) is 4.41. The molecule has 1 atom stereocenters. The summed E-state index contributed by atoms with van der Waals surface area (Å²) in [6, 6.07) is 0. The molecule has 1 rings (SSSR count). The second-order valence-corrected chi connectivity index (χ2v) is 3.89. The van der Waals surface area contributed by atoms with Gasteiger partial charge in [0.05, 0.1) is 7.11 Å². The van der Waals surface area contributed by atoms with Crippen LogP contribution >= 0.6 is 0 Å². The highest BCUT2D eigenvalue weighted by Crippen LogP contribution is 2.12. The first kappa shape index (κ1) is 10.5. The molecule has 0 spiro atoms. The van der Waals surface area contributed by atoms with E-state index in [-0.39, 0.29) is 5.97 Å². The number of methoxy groups -OCH3 is 1. The molecule has 4 heteroatoms. The molecule has 0 amide bonds. The Kier molecular flexibility index (Phi) is 3.27. The van der Waals surface area contributed by atoms with Gasteiger partial charge in [0, 0.05) is 6.54 Å². The van der Waals surface area contributed by atoms with Gasteiger partial charge < -0.3 is 15.4 Å². The maximum atomic E-state index is 11.2. The van der Waals surface area contributed by atoms with Gasteiger partial charge in [0.15, 0.2) is 0 Å². The molecule has 1 saturated heterocycles. The fourth-order valence-corrected chi connectivity index (χ4v) is 1.70. The Hall–Kier alpha value is -0.610. The van der Waals surface area contributed by atoms with Gasteiger partial charge in [0.1, 0.15) is 5.54 Å². The lowest BCUT2D eigenvalue weighted by Gasteiger charge is -2.27. The van der Waals surface area contributed by atoms with Gasteiger partial charge in [-0.2, -0.15) is 0 Å². The Balaban J connectivity index is 2.44. The fraction of sp³-hybridized carbons (Fsp3) is 0.889. The van der Waals surface area contributed by atoms with Crippen molar-refractivity contribution in [2.75, 3.05) is 26.7 Å². The third-order valence-corrected chi connectivity index (χ3v) is 2.40. The van der Waals surface area contributed by atoms with Crippen LogP contribution in [0.1, 0.15) is 19.8 Å². The quantitative estimate of drug-likeness (QED) is 0.629. The topological polar surface area (TPSA) is 55.6 Å². The van der Waals surface area contributed by atoms with Crippen molar-refractivity contribution in [1.82, 2.24) is 4.90 Å². The van der Waals surface area contributed by atoms with Gasteiger partial charge in [0.25, 0.3) is 0 Å². The van der Waals surface area contributed by atoms with E-state index in [1.165, 1.54) is 20.0 Å². The van der Waals surface area contributed by atoms with Crippen LogP contribution in [0.2, 0.25) is 0 Å². The molecule has 1 heterocycles. The number of nitrogens with zero attached hydrogens (tertiary/aromatic N) is 1. The van der Waals surface area contributed by atoms with Crippen molar-refractivity contribution in [3.8, 4) is 0 Å². The number of rotatable bonds is 3. The molecule has 13 heavy (non-hydrogen) atoms. The molecule has 2 N–H and O–H groups in total. The summed E-state index contributed by atoms with van der Waals surface area (Å²) in [5.74, 6) is -0.334. The van der Waals surface area contributed by atoms with Crippen LogP contribution in [0.4, 0.5) is 0 Å². The molecule has 0 aromatic carbocycles. The van der Waals surface area contributed by atoms with E-state index >= 15 is 0 Å². The fourth-order valence-electron chi connectivity index (χ4n) is 1.70. The maximum absolute atomic E-state index is 11.2. The second kappa shape index (κ2) is 4.07. The summed E-state index contributed by atoms with van der Waals surface area (Å²) in [4.78, 5) is 13.5. The minimum atomic E-state index is -0.862. The average molecular weight is 186 g/mol. The molecule has 76 valence electrons. The molecule has 1 unspecified atom stereocenters. The lowest BCUT2D eigenvalue weighted by Crippen LogP contribution is -2.53. The Morgan fingerprint density at radius 3 is 2.54 bits per heavy atom. The Bertz CT molecular complexity index is 186. The Labute approximate surface area is 79.0 Å². The van der Waals surface area contributed by atoms with E-state index in [1.54, 1.807) is 6.92 Å². The molecule has 0 saturated carbocycles. The van der Waals surface area contributed by atoms with Gasteiger partial charge >= 0.3 is 5.97 Å². The molecule has 4 nitrogen and oxygen atoms in total. The van der Waals surface area contributed by atoms with Crippen LogP contribution in [0.25, 0.3) is 0 Å². The SMILES string of the molecule is COC(=O)C(C)(N)CN1CCCC1. The zero-order valence-electron chi connectivity index (χ0n) is 8.38. The monoisotopic (exact) mass is 186 g/mol. The van der Waals surface area contributed by atoms with Crippen molar-refractivity contribution in [3.63, 3.8) is 0 Å². The van der Waals surface area contributed by atoms with Crippen LogP contribution < -0.4 is 5.73 Å². The van der Waals surface area contributed by atoms with Crippen LogP contribution in [-0.2, 0) is 9.53 Å². The lowest BCUT2D eigenvalue weighted by molar-refractivity contribution is -0.147. The molecule has 0 aliphatic carbocycles. The first-order chi connectivity index (χ1) is 6.06. The number of carbonyl (C=O) groups is 1. The van der Waals surface area contributed by atoms with Crippen molar-refractivity contribution in [1.29, 1.82) is 0 Å². The van der Waals surface area contributed by atoms with E-state index in [4.69, 9.17) is 5.73 Å². The number of carbonyl (C=O) groups excluding carboxylic acids is 1. The highest BCUT2D eigenvalue weighted by Gasteiger charge is 2.32. The lowest BCUT2D eigenvalue weighted by atomic mass is 10.0. The highest BCUT2D eigenvalue weighted by atomic mass is 16.5. The number of nitrogens with two attached hydrogens (primary N) is 1. The van der Waals surface area contributed by atoms with Gasteiger partial charge in [-0.25, -0.2) is 0 Å². The number of likely N-dealkylation sites (tertiary alicyclic amines) is 1. The highest BCUT2D eigenvalue weighted by molar-refractivity contribution is 5.80. The Morgan fingerprint density at radius 1 is 1.54 bits per heavy atom. The van der Waals surface area contributed by atoms with Crippen molar-refractivity contribution in [2.24, 2.45) is 5.73 Å². The minimum Gasteiger partial charge on any atom is -0.468 e. The summed E-state index contributed by atoms with van der Waals surface area (Å²) in [6.07, 6.45) is 2.41. The molecule has 0 bridgehead atoms. The van der Waals surface area contributed by atoms with Crippen molar-refractivity contribution in [2.45, 2.75) is 25.3 Å². The summed E-state index contributed by atoms with van der Waals surface area (Å²) in [5, 5.41) is 0. The molecule has 0 radical (unpaired) electrons. The predicted octanol–water partition coefficient (Wildman–Crippen LogP) is -0.0274. The molecular weight excluding hydrogens is 168 g/mol. The third-order valence-electron chi connectivity index (χ3n) is 2.40. The van der Waals surface area contributed by atoms with Crippen molar-refractivity contribution >= 4 is 5.97 Å².